The van der Waals surface area contributed by atoms with Gasteiger partial charge < -0.3 is 4.74 Å². The number of rotatable bonds is 2. The summed E-state index contributed by atoms with van der Waals surface area (Å²) in [5, 5.41) is 0. The maximum Gasteiger partial charge on any atom is 0.128 e. The van der Waals surface area contributed by atoms with Crippen LogP contribution in [0, 0.1) is 0 Å². The Kier molecular flexibility index (Phi) is 2.88. The summed E-state index contributed by atoms with van der Waals surface area (Å²) in [6, 6.07) is 9.97. The number of aliphatic imine (C=N–C) groups is 1. The van der Waals surface area contributed by atoms with Gasteiger partial charge in [-0.3, -0.25) is 9.98 Å². The lowest BCUT2D eigenvalue weighted by Gasteiger charge is -2.09. The number of benzene rings is 1. The topological polar surface area (TPSA) is 34.5 Å². The third-order valence-corrected chi connectivity index (χ3v) is 3.37. The highest BCUT2D eigenvalue weighted by atomic mass is 79.9. The van der Waals surface area contributed by atoms with Gasteiger partial charge in [-0.25, -0.2) is 0 Å². The quantitative estimate of drug-likeness (QED) is 0.854. The molecule has 0 atom stereocenters. The summed E-state index contributed by atoms with van der Waals surface area (Å²) in [6.07, 6.45) is 1.81. The molecule has 0 fully saturated rings. The monoisotopic (exact) mass is 302 g/mol. The van der Waals surface area contributed by atoms with Crippen LogP contribution in [0.5, 0.6) is 5.75 Å². The molecule has 3 rings (SSSR count). The second kappa shape index (κ2) is 4.53. The summed E-state index contributed by atoms with van der Waals surface area (Å²) in [5.41, 5.74) is 4.06. The molecule has 0 unspecified atom stereocenters. The maximum absolute atomic E-state index is 5.39. The van der Waals surface area contributed by atoms with Crippen molar-refractivity contribution in [2.75, 3.05) is 7.11 Å². The van der Waals surface area contributed by atoms with Crippen LogP contribution in [-0.4, -0.2) is 17.8 Å². The molecule has 0 saturated carbocycles. The highest BCUT2D eigenvalue weighted by Crippen LogP contribution is 2.28. The smallest absolute Gasteiger partial charge is 0.128 e. The first kappa shape index (κ1) is 11.4. The minimum absolute atomic E-state index is 0.635. The SMILES string of the molecule is COc1ccccc1C1=NCc2ncc(Br)cc21. The third kappa shape index (κ3) is 1.82. The highest BCUT2D eigenvalue weighted by Gasteiger charge is 2.21. The Bertz CT molecular complexity index is 637. The normalized spacial score (nSPS) is 13.1. The van der Waals surface area contributed by atoms with Crippen LogP contribution in [0.3, 0.4) is 0 Å². The van der Waals surface area contributed by atoms with Gasteiger partial charge in [0.05, 0.1) is 25.1 Å². The summed E-state index contributed by atoms with van der Waals surface area (Å²) >= 11 is 3.45. The summed E-state index contributed by atoms with van der Waals surface area (Å²) in [7, 11) is 1.68. The number of hydrogen-bond donors (Lipinski definition) is 0. The molecule has 2 aromatic rings. The summed E-state index contributed by atoms with van der Waals surface area (Å²) in [5.74, 6) is 0.837. The summed E-state index contributed by atoms with van der Waals surface area (Å²) < 4.78 is 6.35. The lowest BCUT2D eigenvalue weighted by molar-refractivity contribution is 0.414. The molecule has 90 valence electrons. The van der Waals surface area contributed by atoms with Crippen LogP contribution >= 0.6 is 15.9 Å². The molecule has 0 aliphatic carbocycles. The number of hydrogen-bond acceptors (Lipinski definition) is 3. The Morgan fingerprint density at radius 3 is 2.89 bits per heavy atom. The molecule has 0 N–H and O–H groups in total. The van der Waals surface area contributed by atoms with E-state index in [1.807, 2.05) is 24.3 Å². The predicted molar refractivity (Wildman–Crippen MR) is 74.3 cm³/mol. The molecule has 1 aliphatic rings. The Hall–Kier alpha value is -1.68. The number of fused-ring (bicyclic) bond motifs is 1. The van der Waals surface area contributed by atoms with Gasteiger partial charge in [0, 0.05) is 21.8 Å². The average Bonchev–Trinajstić information content (AvgIpc) is 2.81. The highest BCUT2D eigenvalue weighted by molar-refractivity contribution is 9.10. The zero-order valence-electron chi connectivity index (χ0n) is 9.85. The fraction of sp³-hybridized carbons (Fsp3) is 0.143. The van der Waals surface area contributed by atoms with Gasteiger partial charge in [-0.1, -0.05) is 12.1 Å². The van der Waals surface area contributed by atoms with Crippen molar-refractivity contribution in [2.24, 2.45) is 4.99 Å². The van der Waals surface area contributed by atoms with Crippen LogP contribution in [0.15, 0.2) is 46.0 Å². The van der Waals surface area contributed by atoms with Crippen molar-refractivity contribution >= 4 is 21.6 Å². The van der Waals surface area contributed by atoms with Crippen LogP contribution in [0.2, 0.25) is 0 Å². The number of nitrogens with zero attached hydrogens (tertiary/aromatic N) is 2. The van der Waals surface area contributed by atoms with Crippen molar-refractivity contribution < 1.29 is 4.74 Å². The fourth-order valence-electron chi connectivity index (χ4n) is 2.11. The molecule has 1 aromatic carbocycles. The van der Waals surface area contributed by atoms with Gasteiger partial charge in [-0.15, -0.1) is 0 Å². The molecule has 0 amide bonds. The molecule has 0 bridgehead atoms. The Morgan fingerprint density at radius 2 is 2.06 bits per heavy atom. The van der Waals surface area contributed by atoms with Crippen molar-refractivity contribution in [1.82, 2.24) is 4.98 Å². The lowest BCUT2D eigenvalue weighted by atomic mass is 10.0. The molecule has 2 heterocycles. The molecule has 4 heteroatoms. The summed E-state index contributed by atoms with van der Waals surface area (Å²) in [4.78, 5) is 8.96. The van der Waals surface area contributed by atoms with E-state index in [0.29, 0.717) is 6.54 Å². The standard InChI is InChI=1S/C14H11BrN2O/c1-18-13-5-3-2-4-10(13)14-11-6-9(15)7-16-12(11)8-17-14/h2-7H,8H2,1H3. The molecular weight excluding hydrogens is 292 g/mol. The van der Waals surface area contributed by atoms with E-state index >= 15 is 0 Å². The lowest BCUT2D eigenvalue weighted by Crippen LogP contribution is -2.04. The zero-order chi connectivity index (χ0) is 12.5. The Morgan fingerprint density at radius 1 is 1.22 bits per heavy atom. The molecular formula is C14H11BrN2O. The molecule has 0 radical (unpaired) electrons. The Balaban J connectivity index is 2.14. The first-order valence-electron chi connectivity index (χ1n) is 5.62. The molecule has 18 heavy (non-hydrogen) atoms. The fourth-order valence-corrected chi connectivity index (χ4v) is 2.44. The first-order valence-corrected chi connectivity index (χ1v) is 6.41. The average molecular weight is 303 g/mol. The van der Waals surface area contributed by atoms with Crippen LogP contribution < -0.4 is 4.74 Å². The molecule has 1 aliphatic heterocycles. The maximum atomic E-state index is 5.39. The van der Waals surface area contributed by atoms with Crippen molar-refractivity contribution in [2.45, 2.75) is 6.54 Å². The van der Waals surface area contributed by atoms with Gasteiger partial charge >= 0.3 is 0 Å². The third-order valence-electron chi connectivity index (χ3n) is 2.94. The van der Waals surface area contributed by atoms with E-state index < -0.39 is 0 Å². The van der Waals surface area contributed by atoms with Crippen LogP contribution in [0.25, 0.3) is 0 Å². The molecule has 3 nitrogen and oxygen atoms in total. The number of halogens is 1. The van der Waals surface area contributed by atoms with E-state index in [1.165, 1.54) is 0 Å². The van der Waals surface area contributed by atoms with Crippen molar-refractivity contribution in [1.29, 1.82) is 0 Å². The van der Waals surface area contributed by atoms with Gasteiger partial charge in [0.15, 0.2) is 0 Å². The number of pyridine rings is 1. The molecule has 0 spiro atoms. The number of ether oxygens (including phenoxy) is 1. The minimum Gasteiger partial charge on any atom is -0.496 e. The van der Waals surface area contributed by atoms with E-state index in [1.54, 1.807) is 13.3 Å². The van der Waals surface area contributed by atoms with Gasteiger partial charge in [0.25, 0.3) is 0 Å². The van der Waals surface area contributed by atoms with E-state index in [2.05, 4.69) is 32.0 Å². The second-order valence-corrected chi connectivity index (χ2v) is 4.93. The second-order valence-electron chi connectivity index (χ2n) is 4.01. The Labute approximate surface area is 114 Å². The molecule has 0 saturated heterocycles. The van der Waals surface area contributed by atoms with E-state index in [4.69, 9.17) is 4.74 Å². The number of para-hydroxylation sites is 1. The van der Waals surface area contributed by atoms with Crippen molar-refractivity contribution in [3.05, 3.63) is 57.8 Å². The van der Waals surface area contributed by atoms with E-state index in [-0.39, 0.29) is 0 Å². The van der Waals surface area contributed by atoms with Crippen LogP contribution in [0.4, 0.5) is 0 Å². The largest absolute Gasteiger partial charge is 0.496 e. The van der Waals surface area contributed by atoms with E-state index in [9.17, 15) is 0 Å². The van der Waals surface area contributed by atoms with Crippen LogP contribution in [-0.2, 0) is 6.54 Å². The zero-order valence-corrected chi connectivity index (χ0v) is 11.4. The number of aromatic nitrogens is 1. The van der Waals surface area contributed by atoms with Gasteiger partial charge in [-0.2, -0.15) is 0 Å². The van der Waals surface area contributed by atoms with Gasteiger partial charge in [0.1, 0.15) is 5.75 Å². The van der Waals surface area contributed by atoms with Crippen LogP contribution in [0.1, 0.15) is 16.8 Å². The van der Waals surface area contributed by atoms with Crippen molar-refractivity contribution in [3.63, 3.8) is 0 Å². The van der Waals surface area contributed by atoms with E-state index in [0.717, 1.165) is 32.8 Å². The predicted octanol–water partition coefficient (Wildman–Crippen LogP) is 3.20. The van der Waals surface area contributed by atoms with Gasteiger partial charge in [-0.05, 0) is 34.1 Å². The molecule has 1 aromatic heterocycles. The first-order chi connectivity index (χ1) is 8.79. The summed E-state index contributed by atoms with van der Waals surface area (Å²) in [6.45, 7) is 0.635. The van der Waals surface area contributed by atoms with Gasteiger partial charge in [0.2, 0.25) is 0 Å². The minimum atomic E-state index is 0.635. The van der Waals surface area contributed by atoms with Crippen molar-refractivity contribution in [3.8, 4) is 5.75 Å². The number of methoxy groups -OCH3 is 1.